The Morgan fingerprint density at radius 2 is 1.96 bits per heavy atom. The minimum atomic E-state index is -0.241. The largest absolute Gasteiger partial charge is 0.378 e. The molecule has 0 bridgehead atoms. The zero-order valence-electron chi connectivity index (χ0n) is 13.9. The Morgan fingerprint density at radius 3 is 2.58 bits per heavy atom. The Balaban J connectivity index is 0.00000208. The first-order valence-corrected chi connectivity index (χ1v) is 8.94. The van der Waals surface area contributed by atoms with E-state index in [0.29, 0.717) is 13.0 Å². The van der Waals surface area contributed by atoms with Crippen LogP contribution in [0.15, 0.2) is 24.3 Å². The lowest BCUT2D eigenvalue weighted by atomic mass is 9.76. The van der Waals surface area contributed by atoms with E-state index in [9.17, 15) is 4.79 Å². The van der Waals surface area contributed by atoms with Crippen LogP contribution in [0, 0.1) is 0 Å². The Morgan fingerprint density at radius 1 is 1.25 bits per heavy atom. The number of hydrogen-bond acceptors (Lipinski definition) is 3. The maximum atomic E-state index is 12.6. The van der Waals surface area contributed by atoms with Gasteiger partial charge in [-0.2, -0.15) is 0 Å². The monoisotopic (exact) mass is 372 g/mol. The number of hydrogen-bond donors (Lipinski definition) is 2. The number of carbonyl (C=O) groups excluding carboxylic acids is 1. The number of ether oxygens (including phenoxy) is 1. The summed E-state index contributed by atoms with van der Waals surface area (Å²) in [6.07, 6.45) is 5.99. The van der Waals surface area contributed by atoms with E-state index >= 15 is 0 Å². The van der Waals surface area contributed by atoms with Gasteiger partial charge in [-0.05, 0) is 30.5 Å². The van der Waals surface area contributed by atoms with Crippen LogP contribution in [-0.4, -0.2) is 31.7 Å². The molecular weight excluding hydrogens is 347 g/mol. The van der Waals surface area contributed by atoms with E-state index in [0.717, 1.165) is 43.9 Å². The predicted molar refractivity (Wildman–Crippen MR) is 98.8 cm³/mol. The van der Waals surface area contributed by atoms with Crippen molar-refractivity contribution in [3.05, 3.63) is 34.9 Å². The van der Waals surface area contributed by atoms with Crippen LogP contribution >= 0.6 is 24.0 Å². The van der Waals surface area contributed by atoms with Gasteiger partial charge in [-0.1, -0.05) is 43.0 Å². The number of halogens is 2. The molecule has 2 N–H and O–H groups in total. The van der Waals surface area contributed by atoms with Crippen LogP contribution in [0.5, 0.6) is 0 Å². The molecule has 3 rings (SSSR count). The highest BCUT2D eigenvalue weighted by molar-refractivity contribution is 6.30. The van der Waals surface area contributed by atoms with Crippen molar-refractivity contribution in [1.29, 1.82) is 0 Å². The fraction of sp³-hybridized carbons (Fsp3) is 0.611. The van der Waals surface area contributed by atoms with Crippen molar-refractivity contribution in [2.45, 2.75) is 50.1 Å². The van der Waals surface area contributed by atoms with Gasteiger partial charge < -0.3 is 15.4 Å². The smallest absolute Gasteiger partial charge is 0.222 e. The molecule has 0 spiro atoms. The SMILES string of the molecule is Cl.O=C(CC1COCCN1)NC1(c2ccc(Cl)cc2)CCCCC1. The zero-order chi connectivity index (χ0) is 16.1. The van der Waals surface area contributed by atoms with Gasteiger partial charge in [0, 0.05) is 24.0 Å². The van der Waals surface area contributed by atoms with Gasteiger partial charge in [0.2, 0.25) is 5.91 Å². The van der Waals surface area contributed by atoms with Crippen LogP contribution in [0.3, 0.4) is 0 Å². The van der Waals surface area contributed by atoms with Gasteiger partial charge in [-0.3, -0.25) is 4.79 Å². The number of benzene rings is 1. The average Bonchev–Trinajstić information content (AvgIpc) is 2.57. The lowest BCUT2D eigenvalue weighted by Gasteiger charge is -2.39. The first-order valence-electron chi connectivity index (χ1n) is 8.56. The molecule has 1 aromatic rings. The molecule has 2 aliphatic rings. The summed E-state index contributed by atoms with van der Waals surface area (Å²) in [5.74, 6) is 0.102. The van der Waals surface area contributed by atoms with Crippen LogP contribution < -0.4 is 10.6 Å². The molecule has 24 heavy (non-hydrogen) atoms. The van der Waals surface area contributed by atoms with Crippen molar-refractivity contribution in [2.75, 3.05) is 19.8 Å². The molecule has 1 aliphatic heterocycles. The number of amides is 1. The predicted octanol–water partition coefficient (Wildman–Crippen LogP) is 3.42. The summed E-state index contributed by atoms with van der Waals surface area (Å²) in [5, 5.41) is 7.41. The molecule has 1 aromatic carbocycles. The average molecular weight is 373 g/mol. The van der Waals surface area contributed by atoms with E-state index < -0.39 is 0 Å². The first kappa shape index (κ1) is 19.5. The van der Waals surface area contributed by atoms with Gasteiger partial charge in [0.15, 0.2) is 0 Å². The summed E-state index contributed by atoms with van der Waals surface area (Å²) < 4.78 is 5.44. The maximum absolute atomic E-state index is 12.6. The van der Waals surface area contributed by atoms with Gasteiger partial charge >= 0.3 is 0 Å². The van der Waals surface area contributed by atoms with Gasteiger partial charge in [0.1, 0.15) is 0 Å². The molecule has 1 saturated carbocycles. The van der Waals surface area contributed by atoms with Crippen LogP contribution in [-0.2, 0) is 15.1 Å². The summed E-state index contributed by atoms with van der Waals surface area (Å²) >= 11 is 6.02. The molecule has 2 fully saturated rings. The Hall–Kier alpha value is -0.810. The van der Waals surface area contributed by atoms with Crippen LogP contribution in [0.4, 0.5) is 0 Å². The normalized spacial score (nSPS) is 23.1. The highest BCUT2D eigenvalue weighted by Crippen LogP contribution is 2.37. The number of nitrogens with one attached hydrogen (secondary N) is 2. The van der Waals surface area contributed by atoms with Gasteiger partial charge in [-0.25, -0.2) is 0 Å². The Bertz CT molecular complexity index is 524. The van der Waals surface area contributed by atoms with Crippen LogP contribution in [0.1, 0.15) is 44.1 Å². The second-order valence-corrected chi connectivity index (χ2v) is 7.06. The van der Waals surface area contributed by atoms with Crippen LogP contribution in [0.25, 0.3) is 0 Å². The van der Waals surface area contributed by atoms with Crippen molar-refractivity contribution in [3.8, 4) is 0 Å². The molecule has 1 amide bonds. The van der Waals surface area contributed by atoms with Crippen molar-refractivity contribution in [3.63, 3.8) is 0 Å². The molecule has 1 atom stereocenters. The fourth-order valence-corrected chi connectivity index (χ4v) is 3.83. The zero-order valence-corrected chi connectivity index (χ0v) is 15.4. The summed E-state index contributed by atoms with van der Waals surface area (Å²) in [5.41, 5.74) is 0.929. The fourth-order valence-electron chi connectivity index (χ4n) is 3.70. The molecule has 0 radical (unpaired) electrons. The third-order valence-electron chi connectivity index (χ3n) is 4.91. The van der Waals surface area contributed by atoms with E-state index in [1.165, 1.54) is 12.0 Å². The lowest BCUT2D eigenvalue weighted by molar-refractivity contribution is -0.124. The van der Waals surface area contributed by atoms with E-state index in [1.54, 1.807) is 0 Å². The molecule has 1 heterocycles. The number of rotatable bonds is 4. The highest BCUT2D eigenvalue weighted by Gasteiger charge is 2.35. The van der Waals surface area contributed by atoms with Gasteiger partial charge in [0.25, 0.3) is 0 Å². The topological polar surface area (TPSA) is 50.4 Å². The second kappa shape index (κ2) is 9.04. The number of carbonyl (C=O) groups is 1. The summed E-state index contributed by atoms with van der Waals surface area (Å²) in [6.45, 7) is 2.16. The summed E-state index contributed by atoms with van der Waals surface area (Å²) in [7, 11) is 0. The van der Waals surface area contributed by atoms with Gasteiger partial charge in [-0.15, -0.1) is 12.4 Å². The van der Waals surface area contributed by atoms with E-state index in [2.05, 4.69) is 22.8 Å². The molecule has 1 unspecified atom stereocenters. The number of morpholine rings is 1. The van der Waals surface area contributed by atoms with E-state index in [1.807, 2.05) is 12.1 Å². The minimum absolute atomic E-state index is 0. The quantitative estimate of drug-likeness (QED) is 0.851. The Labute approximate surface area is 155 Å². The van der Waals surface area contributed by atoms with Crippen LogP contribution in [0.2, 0.25) is 5.02 Å². The minimum Gasteiger partial charge on any atom is -0.378 e. The lowest BCUT2D eigenvalue weighted by Crippen LogP contribution is -2.50. The highest BCUT2D eigenvalue weighted by atomic mass is 35.5. The molecular formula is C18H26Cl2N2O2. The Kier molecular flexibility index (Phi) is 7.35. The molecule has 1 saturated heterocycles. The standard InChI is InChI=1S/C18H25ClN2O2.ClH/c19-15-6-4-14(5-7-15)18(8-2-1-3-9-18)21-17(22)12-16-13-23-11-10-20-16;/h4-7,16,20H,1-3,8-13H2,(H,21,22);1H. The molecule has 134 valence electrons. The van der Waals surface area contributed by atoms with Gasteiger partial charge in [0.05, 0.1) is 18.8 Å². The molecule has 4 nitrogen and oxygen atoms in total. The van der Waals surface area contributed by atoms with Crippen molar-refractivity contribution in [1.82, 2.24) is 10.6 Å². The first-order chi connectivity index (χ1) is 11.2. The second-order valence-electron chi connectivity index (χ2n) is 6.63. The van der Waals surface area contributed by atoms with Crippen molar-refractivity contribution < 1.29 is 9.53 Å². The summed E-state index contributed by atoms with van der Waals surface area (Å²) in [6, 6.07) is 8.05. The molecule has 1 aliphatic carbocycles. The van der Waals surface area contributed by atoms with Crippen molar-refractivity contribution >= 4 is 29.9 Å². The van der Waals surface area contributed by atoms with E-state index in [-0.39, 0.29) is 29.9 Å². The van der Waals surface area contributed by atoms with Crippen molar-refractivity contribution in [2.24, 2.45) is 0 Å². The van der Waals surface area contributed by atoms with E-state index in [4.69, 9.17) is 16.3 Å². The third kappa shape index (κ3) is 4.85. The maximum Gasteiger partial charge on any atom is 0.222 e. The molecule has 6 heteroatoms. The third-order valence-corrected chi connectivity index (χ3v) is 5.16. The summed E-state index contributed by atoms with van der Waals surface area (Å²) in [4.78, 5) is 12.6. The molecule has 0 aromatic heterocycles.